The summed E-state index contributed by atoms with van der Waals surface area (Å²) in [6.07, 6.45) is 5.57. The van der Waals surface area contributed by atoms with Gasteiger partial charge in [0.2, 0.25) is 0 Å². The molecule has 3 heterocycles. The van der Waals surface area contributed by atoms with Crippen LogP contribution in [0.1, 0.15) is 39.4 Å². The first-order chi connectivity index (χ1) is 20.1. The third-order valence-electron chi connectivity index (χ3n) is 7.22. The Morgan fingerprint density at radius 2 is 1.83 bits per heavy atom. The molecule has 2 aromatic carbocycles. The lowest BCUT2D eigenvalue weighted by atomic mass is 9.95. The third kappa shape index (κ3) is 5.32. The number of amides is 1. The van der Waals surface area contributed by atoms with Gasteiger partial charge in [0.1, 0.15) is 27.9 Å². The number of aryl methyl sites for hydroxylation is 1. The first kappa shape index (κ1) is 26.7. The second-order valence-corrected chi connectivity index (χ2v) is 10.8. The summed E-state index contributed by atoms with van der Waals surface area (Å²) in [5.41, 5.74) is 3.18. The van der Waals surface area contributed by atoms with Gasteiger partial charge in [-0.3, -0.25) is 4.79 Å². The number of benzene rings is 2. The quantitative estimate of drug-likeness (QED) is 0.220. The van der Waals surface area contributed by atoms with Gasteiger partial charge in [-0.25, -0.2) is 4.99 Å². The van der Waals surface area contributed by atoms with Gasteiger partial charge < -0.3 is 28.4 Å². The Hall–Kier alpha value is -4.50. The zero-order valence-corrected chi connectivity index (χ0v) is 23.9. The normalized spacial score (nSPS) is 13.2. The highest BCUT2D eigenvalue weighted by atomic mass is 32.1. The molecule has 0 bridgehead atoms. The minimum atomic E-state index is -0.151. The predicted molar refractivity (Wildman–Crippen MR) is 157 cm³/mol. The first-order valence-electron chi connectivity index (χ1n) is 13.4. The van der Waals surface area contributed by atoms with Crippen LogP contribution in [0.4, 0.5) is 5.00 Å². The number of hydrogen-bond donors (Lipinski definition) is 1. The number of carbonyl (C=O) groups excluding carboxylic acids is 1. The first-order valence-corrected chi connectivity index (χ1v) is 14.2. The molecule has 210 valence electrons. The number of carbonyl (C=O) groups is 1. The fourth-order valence-electron chi connectivity index (χ4n) is 5.14. The molecule has 3 aromatic heterocycles. The molecule has 6 rings (SSSR count). The van der Waals surface area contributed by atoms with Crippen molar-refractivity contribution in [2.45, 2.75) is 32.2 Å². The number of ether oxygens (including phenoxy) is 3. The number of thiophene rings is 1. The molecule has 0 atom stereocenters. The molecule has 1 aliphatic carbocycles. The monoisotopic (exact) mass is 570 g/mol. The molecule has 0 radical (unpaired) electrons. The van der Waals surface area contributed by atoms with Crippen LogP contribution in [0, 0.1) is 0 Å². The van der Waals surface area contributed by atoms with Crippen molar-refractivity contribution in [3.8, 4) is 28.6 Å². The van der Waals surface area contributed by atoms with E-state index in [0.29, 0.717) is 56.8 Å². The molecule has 0 saturated heterocycles. The third-order valence-corrected chi connectivity index (χ3v) is 8.41. The Labute approximate surface area is 241 Å². The van der Waals surface area contributed by atoms with Crippen molar-refractivity contribution in [3.05, 3.63) is 88.0 Å². The van der Waals surface area contributed by atoms with Crippen LogP contribution >= 0.6 is 11.3 Å². The van der Waals surface area contributed by atoms with Gasteiger partial charge in [-0.05, 0) is 79.8 Å². The number of furan rings is 1. The van der Waals surface area contributed by atoms with E-state index >= 15 is 0 Å². The summed E-state index contributed by atoms with van der Waals surface area (Å²) in [6, 6.07) is 16.8. The van der Waals surface area contributed by atoms with Gasteiger partial charge in [-0.1, -0.05) is 0 Å². The fourth-order valence-corrected chi connectivity index (χ4v) is 6.41. The van der Waals surface area contributed by atoms with Crippen LogP contribution in [0.3, 0.4) is 0 Å². The molecule has 41 heavy (non-hydrogen) atoms. The highest BCUT2D eigenvalue weighted by Gasteiger charge is 2.25. The summed E-state index contributed by atoms with van der Waals surface area (Å²) in [5, 5.41) is 5.17. The van der Waals surface area contributed by atoms with Gasteiger partial charge in [0.15, 0.2) is 11.5 Å². The van der Waals surface area contributed by atoms with E-state index in [0.717, 1.165) is 42.2 Å². The number of rotatable bonds is 8. The highest BCUT2D eigenvalue weighted by Crippen LogP contribution is 2.40. The summed E-state index contributed by atoms with van der Waals surface area (Å²) < 4.78 is 28.2. The molecule has 0 saturated carbocycles. The molecule has 1 aliphatic rings. The van der Waals surface area contributed by atoms with E-state index in [9.17, 15) is 4.79 Å². The Morgan fingerprint density at radius 1 is 0.976 bits per heavy atom. The summed E-state index contributed by atoms with van der Waals surface area (Å²) in [7, 11) is 4.83. The molecule has 0 unspecified atom stereocenters. The molecule has 8 nitrogen and oxygen atoms in total. The minimum Gasteiger partial charge on any atom is -0.497 e. The van der Waals surface area contributed by atoms with Crippen LogP contribution in [0.25, 0.3) is 22.3 Å². The lowest BCUT2D eigenvalue weighted by Crippen LogP contribution is -2.24. The van der Waals surface area contributed by atoms with Gasteiger partial charge in [0, 0.05) is 21.9 Å². The average Bonchev–Trinajstić information content (AvgIpc) is 3.67. The number of methoxy groups -OCH3 is 3. The van der Waals surface area contributed by atoms with E-state index in [4.69, 9.17) is 28.0 Å². The summed E-state index contributed by atoms with van der Waals surface area (Å²) in [6.45, 7) is 0.309. The maximum absolute atomic E-state index is 13.6. The summed E-state index contributed by atoms with van der Waals surface area (Å²) in [4.78, 5) is 20.0. The summed E-state index contributed by atoms with van der Waals surface area (Å²) in [5.74, 6) is 3.05. The van der Waals surface area contributed by atoms with Crippen molar-refractivity contribution in [2.24, 2.45) is 4.99 Å². The van der Waals surface area contributed by atoms with E-state index in [1.807, 2.05) is 54.6 Å². The largest absolute Gasteiger partial charge is 0.497 e. The zero-order chi connectivity index (χ0) is 28.3. The van der Waals surface area contributed by atoms with Crippen molar-refractivity contribution in [1.82, 2.24) is 5.32 Å². The zero-order valence-electron chi connectivity index (χ0n) is 23.1. The van der Waals surface area contributed by atoms with E-state index in [2.05, 4.69) is 5.32 Å². The van der Waals surface area contributed by atoms with E-state index in [1.165, 1.54) is 4.88 Å². The topological polar surface area (TPSA) is 95.4 Å². The van der Waals surface area contributed by atoms with Crippen LogP contribution in [0.15, 0.2) is 74.7 Å². The van der Waals surface area contributed by atoms with Crippen molar-refractivity contribution >= 4 is 33.2 Å². The number of fused-ring (bicyclic) bond motifs is 2. The van der Waals surface area contributed by atoms with Gasteiger partial charge in [0.05, 0.1) is 45.1 Å². The van der Waals surface area contributed by atoms with Crippen molar-refractivity contribution in [3.63, 3.8) is 0 Å². The number of nitrogens with one attached hydrogen (secondary N) is 1. The smallest absolute Gasteiger partial charge is 0.255 e. The molecule has 9 heteroatoms. The second-order valence-electron chi connectivity index (χ2n) is 9.69. The molecular weight excluding hydrogens is 540 g/mol. The van der Waals surface area contributed by atoms with Gasteiger partial charge in [-0.2, -0.15) is 0 Å². The van der Waals surface area contributed by atoms with Gasteiger partial charge >= 0.3 is 0 Å². The number of nitrogens with zero attached hydrogens (tertiary/aromatic N) is 1. The van der Waals surface area contributed by atoms with E-state index in [-0.39, 0.29) is 5.91 Å². The van der Waals surface area contributed by atoms with Crippen molar-refractivity contribution < 1.29 is 27.8 Å². The van der Waals surface area contributed by atoms with Crippen molar-refractivity contribution in [2.75, 3.05) is 21.3 Å². The SMILES string of the molecule is COc1ccc2oc(-c3ccc(OC)c(OC)c3)cc(=Nc3sc4c(c3C(=O)NCc3ccco3)CCCC4)c2c1. The fraction of sp³-hybridized carbons (Fsp3) is 0.250. The minimum absolute atomic E-state index is 0.151. The maximum atomic E-state index is 13.6. The average molecular weight is 571 g/mol. The number of hydrogen-bond acceptors (Lipinski definition) is 8. The van der Waals surface area contributed by atoms with Crippen LogP contribution in [-0.4, -0.2) is 27.2 Å². The molecule has 5 aromatic rings. The molecule has 0 fully saturated rings. The maximum Gasteiger partial charge on any atom is 0.255 e. The van der Waals surface area contributed by atoms with Crippen LogP contribution in [-0.2, 0) is 19.4 Å². The molecule has 1 N–H and O–H groups in total. The summed E-state index contributed by atoms with van der Waals surface area (Å²) >= 11 is 1.59. The lowest BCUT2D eigenvalue weighted by Gasteiger charge is -2.12. The standard InChI is InChI=1S/C32H30N2O6S/c1-36-20-11-13-25-23(16-20)24(17-27(40-25)19-10-12-26(37-2)28(15-19)38-3)34-32-30(22-8-4-5-9-29(22)41-32)31(35)33-18-21-7-6-14-39-21/h6-7,10-17H,4-5,8-9,18H2,1-3H3,(H,33,35). The second kappa shape index (κ2) is 11.5. The molecule has 1 amide bonds. The molecular formula is C32H30N2O6S. The highest BCUT2D eigenvalue weighted by molar-refractivity contribution is 7.16. The predicted octanol–water partition coefficient (Wildman–Crippen LogP) is 6.82. The van der Waals surface area contributed by atoms with Gasteiger partial charge in [-0.15, -0.1) is 11.3 Å². The Morgan fingerprint density at radius 3 is 2.61 bits per heavy atom. The van der Waals surface area contributed by atoms with Crippen LogP contribution in [0.5, 0.6) is 17.2 Å². The molecule has 0 aliphatic heterocycles. The Bertz CT molecular complexity index is 1780. The van der Waals surface area contributed by atoms with Crippen LogP contribution < -0.4 is 24.9 Å². The van der Waals surface area contributed by atoms with E-state index in [1.54, 1.807) is 38.9 Å². The Balaban J connectivity index is 1.52. The molecule has 0 spiro atoms. The Kier molecular flexibility index (Phi) is 7.52. The lowest BCUT2D eigenvalue weighted by molar-refractivity contribution is 0.0948. The van der Waals surface area contributed by atoms with Crippen molar-refractivity contribution in [1.29, 1.82) is 0 Å². The van der Waals surface area contributed by atoms with E-state index < -0.39 is 0 Å². The van der Waals surface area contributed by atoms with Crippen LogP contribution in [0.2, 0.25) is 0 Å². The van der Waals surface area contributed by atoms with Gasteiger partial charge in [0.25, 0.3) is 5.91 Å².